The van der Waals surface area contributed by atoms with E-state index >= 15 is 0 Å². The summed E-state index contributed by atoms with van der Waals surface area (Å²) in [4.78, 5) is 0.392. The lowest BCUT2D eigenvalue weighted by Crippen LogP contribution is -2.36. The first-order valence-corrected chi connectivity index (χ1v) is 8.25. The van der Waals surface area contributed by atoms with Crippen LogP contribution in [0.5, 0.6) is 0 Å². The monoisotopic (exact) mass is 279 g/mol. The van der Waals surface area contributed by atoms with Crippen LogP contribution in [0.15, 0.2) is 41.3 Å². The lowest BCUT2D eigenvalue weighted by molar-refractivity contribution is 0.387. The first-order valence-electron chi connectivity index (χ1n) is 6.81. The molecule has 0 fully saturated rings. The van der Waals surface area contributed by atoms with Gasteiger partial charge in [-0.3, -0.25) is 0 Å². The van der Waals surface area contributed by atoms with Crippen LogP contribution in [0.1, 0.15) is 31.7 Å². The van der Waals surface area contributed by atoms with Crippen molar-refractivity contribution in [2.24, 2.45) is 0 Å². The summed E-state index contributed by atoms with van der Waals surface area (Å²) >= 11 is 0. The van der Waals surface area contributed by atoms with Gasteiger partial charge < -0.3 is 0 Å². The first kappa shape index (κ1) is 14.3. The van der Waals surface area contributed by atoms with E-state index in [1.807, 2.05) is 31.2 Å². The summed E-state index contributed by atoms with van der Waals surface area (Å²) in [6.07, 6.45) is 7.00. The minimum Gasteiger partial charge on any atom is -0.207 e. The highest BCUT2D eigenvalue weighted by Crippen LogP contribution is 2.25. The fourth-order valence-electron chi connectivity index (χ4n) is 2.33. The number of hydrogen-bond donors (Lipinski definition) is 0. The highest BCUT2D eigenvalue weighted by Gasteiger charge is 2.31. The van der Waals surface area contributed by atoms with Crippen LogP contribution in [-0.2, 0) is 10.0 Å². The molecule has 0 saturated carbocycles. The van der Waals surface area contributed by atoms with Crippen LogP contribution in [0.3, 0.4) is 0 Å². The van der Waals surface area contributed by atoms with E-state index in [1.54, 1.807) is 16.4 Å². The molecular formula is C15H21NO2S. The SMILES string of the molecule is CCCCC1C=CCN1S(=O)(=O)c1ccc(C)cc1. The molecule has 1 aliphatic heterocycles. The smallest absolute Gasteiger partial charge is 0.207 e. The Kier molecular flexibility index (Phi) is 4.42. The van der Waals surface area contributed by atoms with E-state index in [9.17, 15) is 8.42 Å². The second kappa shape index (κ2) is 5.88. The van der Waals surface area contributed by atoms with Crippen LogP contribution < -0.4 is 0 Å². The van der Waals surface area contributed by atoms with E-state index in [0.29, 0.717) is 11.4 Å². The first-order chi connectivity index (χ1) is 9.05. The Morgan fingerprint density at radius 3 is 2.58 bits per heavy atom. The molecule has 0 amide bonds. The minimum absolute atomic E-state index is 0.0197. The number of unbranched alkanes of at least 4 members (excludes halogenated alkanes) is 1. The van der Waals surface area contributed by atoms with Gasteiger partial charge in [0.1, 0.15) is 0 Å². The Balaban J connectivity index is 2.22. The largest absolute Gasteiger partial charge is 0.243 e. The summed E-state index contributed by atoms with van der Waals surface area (Å²) in [7, 11) is -3.36. The van der Waals surface area contributed by atoms with Gasteiger partial charge in [0.15, 0.2) is 0 Å². The predicted octanol–water partition coefficient (Wildman–Crippen LogP) is 3.11. The number of nitrogens with zero attached hydrogens (tertiary/aromatic N) is 1. The molecule has 2 rings (SSSR count). The van der Waals surface area contributed by atoms with E-state index in [4.69, 9.17) is 0 Å². The van der Waals surface area contributed by atoms with Gasteiger partial charge in [-0.05, 0) is 25.5 Å². The van der Waals surface area contributed by atoms with Crippen LogP contribution >= 0.6 is 0 Å². The Morgan fingerprint density at radius 1 is 1.26 bits per heavy atom. The topological polar surface area (TPSA) is 37.4 Å². The zero-order valence-corrected chi connectivity index (χ0v) is 12.4. The van der Waals surface area contributed by atoms with Gasteiger partial charge in [0.2, 0.25) is 10.0 Å². The second-order valence-electron chi connectivity index (χ2n) is 5.03. The van der Waals surface area contributed by atoms with Crippen LogP contribution in [0.25, 0.3) is 0 Å². The fourth-order valence-corrected chi connectivity index (χ4v) is 3.89. The van der Waals surface area contributed by atoms with Crippen molar-refractivity contribution in [3.05, 3.63) is 42.0 Å². The van der Waals surface area contributed by atoms with E-state index in [-0.39, 0.29) is 6.04 Å². The number of hydrogen-bond acceptors (Lipinski definition) is 2. The molecule has 0 aromatic heterocycles. The molecule has 19 heavy (non-hydrogen) atoms. The maximum atomic E-state index is 12.6. The minimum atomic E-state index is -3.36. The summed E-state index contributed by atoms with van der Waals surface area (Å²) in [5.74, 6) is 0. The van der Waals surface area contributed by atoms with Crippen molar-refractivity contribution in [2.75, 3.05) is 6.54 Å². The Hall–Kier alpha value is -1.13. The summed E-state index contributed by atoms with van der Waals surface area (Å²) in [5.41, 5.74) is 1.07. The van der Waals surface area contributed by atoms with Crippen molar-refractivity contribution < 1.29 is 8.42 Å². The van der Waals surface area contributed by atoms with E-state index in [1.165, 1.54) is 0 Å². The lowest BCUT2D eigenvalue weighted by Gasteiger charge is -2.24. The highest BCUT2D eigenvalue weighted by atomic mass is 32.2. The van der Waals surface area contributed by atoms with Crippen molar-refractivity contribution in [1.82, 2.24) is 4.31 Å². The standard InChI is InChI=1S/C15H21NO2S/c1-3-4-6-14-7-5-12-16(14)19(17,18)15-10-8-13(2)9-11-15/h5,7-11,14H,3-4,6,12H2,1-2H3. The lowest BCUT2D eigenvalue weighted by atomic mass is 10.1. The molecule has 4 heteroatoms. The van der Waals surface area contributed by atoms with Gasteiger partial charge in [-0.25, -0.2) is 8.42 Å². The van der Waals surface area contributed by atoms with E-state index in [0.717, 1.165) is 24.8 Å². The van der Waals surface area contributed by atoms with E-state index < -0.39 is 10.0 Å². The van der Waals surface area contributed by atoms with Gasteiger partial charge in [-0.2, -0.15) is 4.31 Å². The van der Waals surface area contributed by atoms with Crippen molar-refractivity contribution in [3.63, 3.8) is 0 Å². The number of benzene rings is 1. The number of aryl methyl sites for hydroxylation is 1. The van der Waals surface area contributed by atoms with Gasteiger partial charge in [0.05, 0.1) is 4.90 Å². The molecule has 1 atom stereocenters. The Bertz CT molecular complexity index is 546. The third-order valence-electron chi connectivity index (χ3n) is 3.49. The maximum absolute atomic E-state index is 12.6. The third-order valence-corrected chi connectivity index (χ3v) is 5.40. The number of rotatable bonds is 5. The summed E-state index contributed by atoms with van der Waals surface area (Å²) in [6.45, 7) is 4.57. The van der Waals surface area contributed by atoms with Gasteiger partial charge in [0.25, 0.3) is 0 Å². The molecule has 1 heterocycles. The molecule has 1 unspecified atom stereocenters. The molecule has 1 aromatic carbocycles. The predicted molar refractivity (Wildman–Crippen MR) is 77.5 cm³/mol. The Morgan fingerprint density at radius 2 is 1.95 bits per heavy atom. The van der Waals surface area contributed by atoms with Gasteiger partial charge >= 0.3 is 0 Å². The summed E-state index contributed by atoms with van der Waals surface area (Å²) in [6, 6.07) is 7.10. The Labute approximate surface area is 116 Å². The molecule has 0 N–H and O–H groups in total. The normalized spacial score (nSPS) is 20.0. The zero-order valence-electron chi connectivity index (χ0n) is 11.5. The van der Waals surface area contributed by atoms with Gasteiger partial charge in [-0.15, -0.1) is 0 Å². The maximum Gasteiger partial charge on any atom is 0.243 e. The molecule has 0 radical (unpaired) electrons. The molecule has 3 nitrogen and oxygen atoms in total. The molecule has 1 aromatic rings. The zero-order chi connectivity index (χ0) is 13.9. The third kappa shape index (κ3) is 3.07. The molecule has 1 aliphatic rings. The molecular weight excluding hydrogens is 258 g/mol. The van der Waals surface area contributed by atoms with Crippen molar-refractivity contribution >= 4 is 10.0 Å². The fraction of sp³-hybridized carbons (Fsp3) is 0.467. The van der Waals surface area contributed by atoms with Crippen molar-refractivity contribution in [2.45, 2.75) is 44.0 Å². The summed E-state index contributed by atoms with van der Waals surface area (Å²) in [5, 5.41) is 0. The average Bonchev–Trinajstić information content (AvgIpc) is 2.86. The highest BCUT2D eigenvalue weighted by molar-refractivity contribution is 7.89. The second-order valence-corrected chi connectivity index (χ2v) is 6.92. The quantitative estimate of drug-likeness (QED) is 0.777. The molecule has 0 spiro atoms. The van der Waals surface area contributed by atoms with Crippen molar-refractivity contribution in [3.8, 4) is 0 Å². The van der Waals surface area contributed by atoms with Crippen LogP contribution in [0.4, 0.5) is 0 Å². The average molecular weight is 279 g/mol. The van der Waals surface area contributed by atoms with Gasteiger partial charge in [-0.1, -0.05) is 49.6 Å². The molecule has 0 saturated heterocycles. The van der Waals surface area contributed by atoms with Crippen LogP contribution in [0.2, 0.25) is 0 Å². The van der Waals surface area contributed by atoms with Crippen molar-refractivity contribution in [1.29, 1.82) is 0 Å². The number of sulfonamides is 1. The van der Waals surface area contributed by atoms with E-state index in [2.05, 4.69) is 6.92 Å². The molecule has 104 valence electrons. The molecule has 0 bridgehead atoms. The van der Waals surface area contributed by atoms with Crippen LogP contribution in [0, 0.1) is 6.92 Å². The summed E-state index contributed by atoms with van der Waals surface area (Å²) < 4.78 is 26.8. The molecule has 0 aliphatic carbocycles. The van der Waals surface area contributed by atoms with Gasteiger partial charge in [0, 0.05) is 12.6 Å². The van der Waals surface area contributed by atoms with Crippen LogP contribution in [-0.4, -0.2) is 25.3 Å².